The maximum absolute atomic E-state index is 10.8. The number of carbonyl (C=O) groups excluding carboxylic acids is 2. The molecule has 0 saturated heterocycles. The highest BCUT2D eigenvalue weighted by molar-refractivity contribution is 5.94. The highest BCUT2D eigenvalue weighted by Gasteiger charge is 2.04. The maximum Gasteiger partial charge on any atom is 0.313 e. The van der Waals surface area contributed by atoms with Crippen LogP contribution in [0.1, 0.15) is 27.2 Å². The second-order valence-electron chi connectivity index (χ2n) is 2.91. The number of hydrogen-bond donors (Lipinski definition) is 0. The van der Waals surface area contributed by atoms with Crippen molar-refractivity contribution in [3.05, 3.63) is 17.4 Å². The standard InChI is InChI=1S/C10H14O3/c1-8(2)5-4-6-13-10(12)7-9(3)11/h4H,6-7H2,1-3H3. The number of rotatable bonds is 4. The molecule has 3 heteroatoms. The van der Waals surface area contributed by atoms with Crippen molar-refractivity contribution in [1.29, 1.82) is 0 Å². The fourth-order valence-electron chi connectivity index (χ4n) is 0.635. The van der Waals surface area contributed by atoms with Crippen molar-refractivity contribution in [2.75, 3.05) is 6.61 Å². The van der Waals surface area contributed by atoms with Gasteiger partial charge in [0.15, 0.2) is 0 Å². The summed E-state index contributed by atoms with van der Waals surface area (Å²) in [6, 6.07) is 0. The summed E-state index contributed by atoms with van der Waals surface area (Å²) >= 11 is 0. The summed E-state index contributed by atoms with van der Waals surface area (Å²) in [6.07, 6.45) is 1.47. The molecule has 72 valence electrons. The quantitative estimate of drug-likeness (QED) is 0.377. The van der Waals surface area contributed by atoms with Gasteiger partial charge in [-0.25, -0.2) is 0 Å². The normalized spacial score (nSPS) is 8.54. The van der Waals surface area contributed by atoms with Crippen LogP contribution in [-0.4, -0.2) is 18.4 Å². The molecule has 0 aromatic rings. The van der Waals surface area contributed by atoms with Crippen molar-refractivity contribution in [3.63, 3.8) is 0 Å². The Hall–Kier alpha value is -1.34. The van der Waals surface area contributed by atoms with Gasteiger partial charge in [-0.15, -0.1) is 5.73 Å². The van der Waals surface area contributed by atoms with Crippen molar-refractivity contribution in [2.24, 2.45) is 0 Å². The van der Waals surface area contributed by atoms with E-state index >= 15 is 0 Å². The third kappa shape index (κ3) is 8.57. The van der Waals surface area contributed by atoms with Crippen LogP contribution in [0.4, 0.5) is 0 Å². The molecule has 0 aromatic heterocycles. The molecule has 0 amide bonds. The minimum atomic E-state index is -0.487. The van der Waals surface area contributed by atoms with Crippen LogP contribution in [0.3, 0.4) is 0 Å². The molecule has 0 aliphatic rings. The predicted molar refractivity (Wildman–Crippen MR) is 49.2 cm³/mol. The van der Waals surface area contributed by atoms with Crippen molar-refractivity contribution in [2.45, 2.75) is 27.2 Å². The van der Waals surface area contributed by atoms with E-state index in [9.17, 15) is 9.59 Å². The van der Waals surface area contributed by atoms with Gasteiger partial charge in [-0.3, -0.25) is 9.59 Å². The Balaban J connectivity index is 3.72. The van der Waals surface area contributed by atoms with Crippen LogP contribution in [0.25, 0.3) is 0 Å². The van der Waals surface area contributed by atoms with Crippen LogP contribution in [0.5, 0.6) is 0 Å². The second kappa shape index (κ2) is 6.21. The van der Waals surface area contributed by atoms with E-state index in [4.69, 9.17) is 4.74 Å². The highest BCUT2D eigenvalue weighted by Crippen LogP contribution is 1.89. The molecular formula is C10H14O3. The Morgan fingerprint density at radius 3 is 2.38 bits per heavy atom. The first-order valence-corrected chi connectivity index (χ1v) is 4.06. The number of carbonyl (C=O) groups is 2. The Bertz CT molecular complexity index is 253. The summed E-state index contributed by atoms with van der Waals surface area (Å²) in [4.78, 5) is 21.3. The van der Waals surface area contributed by atoms with Crippen LogP contribution in [0, 0.1) is 0 Å². The lowest BCUT2D eigenvalue weighted by atomic mass is 10.3. The third-order valence-corrected chi connectivity index (χ3v) is 1.11. The molecule has 0 spiro atoms. The number of ketones is 1. The van der Waals surface area contributed by atoms with Crippen LogP contribution in [0.2, 0.25) is 0 Å². The molecule has 0 heterocycles. The summed E-state index contributed by atoms with van der Waals surface area (Å²) in [7, 11) is 0. The van der Waals surface area contributed by atoms with Gasteiger partial charge in [0.25, 0.3) is 0 Å². The zero-order chi connectivity index (χ0) is 10.3. The van der Waals surface area contributed by atoms with Crippen LogP contribution >= 0.6 is 0 Å². The van der Waals surface area contributed by atoms with E-state index in [0.717, 1.165) is 5.57 Å². The van der Waals surface area contributed by atoms with Gasteiger partial charge in [0, 0.05) is 0 Å². The molecule has 3 nitrogen and oxygen atoms in total. The van der Waals surface area contributed by atoms with Crippen LogP contribution in [-0.2, 0) is 14.3 Å². The lowest BCUT2D eigenvalue weighted by Crippen LogP contribution is -2.08. The largest absolute Gasteiger partial charge is 0.460 e. The minimum absolute atomic E-state index is 0.150. The summed E-state index contributed by atoms with van der Waals surface area (Å²) in [5, 5.41) is 0. The Kier molecular flexibility index (Phi) is 5.57. The Morgan fingerprint density at radius 2 is 1.92 bits per heavy atom. The fourth-order valence-corrected chi connectivity index (χ4v) is 0.635. The number of hydrogen-bond acceptors (Lipinski definition) is 3. The lowest BCUT2D eigenvalue weighted by molar-refractivity contribution is -0.144. The van der Waals surface area contributed by atoms with E-state index in [-0.39, 0.29) is 18.8 Å². The van der Waals surface area contributed by atoms with Crippen molar-refractivity contribution < 1.29 is 14.3 Å². The van der Waals surface area contributed by atoms with Crippen LogP contribution < -0.4 is 0 Å². The molecule has 0 atom stereocenters. The average Bonchev–Trinajstić information content (AvgIpc) is 1.96. The van der Waals surface area contributed by atoms with Gasteiger partial charge >= 0.3 is 5.97 Å². The summed E-state index contributed by atoms with van der Waals surface area (Å²) < 4.78 is 4.71. The molecule has 0 rings (SSSR count). The molecular weight excluding hydrogens is 168 g/mol. The molecule has 0 saturated carbocycles. The van der Waals surface area contributed by atoms with E-state index in [1.54, 1.807) is 6.08 Å². The zero-order valence-electron chi connectivity index (χ0n) is 8.22. The molecule has 0 N–H and O–H groups in total. The van der Waals surface area contributed by atoms with E-state index in [0.29, 0.717) is 0 Å². The molecule has 0 unspecified atom stereocenters. The van der Waals surface area contributed by atoms with Gasteiger partial charge in [-0.2, -0.15) is 0 Å². The SMILES string of the molecule is CC(=O)CC(=O)OCC=C=C(C)C. The smallest absolute Gasteiger partial charge is 0.313 e. The monoisotopic (exact) mass is 182 g/mol. The Morgan fingerprint density at radius 1 is 1.31 bits per heavy atom. The van der Waals surface area contributed by atoms with Gasteiger partial charge in [0.05, 0.1) is 0 Å². The van der Waals surface area contributed by atoms with Gasteiger partial charge < -0.3 is 4.74 Å². The average molecular weight is 182 g/mol. The van der Waals surface area contributed by atoms with E-state index in [1.165, 1.54) is 6.92 Å². The van der Waals surface area contributed by atoms with Gasteiger partial charge in [0.1, 0.15) is 18.8 Å². The van der Waals surface area contributed by atoms with Crippen molar-refractivity contribution >= 4 is 11.8 Å². The van der Waals surface area contributed by atoms with Gasteiger partial charge in [0.2, 0.25) is 0 Å². The first-order chi connectivity index (χ1) is 6.02. The third-order valence-electron chi connectivity index (χ3n) is 1.11. The number of ether oxygens (including phenoxy) is 1. The molecule has 0 aromatic carbocycles. The lowest BCUT2D eigenvalue weighted by Gasteiger charge is -1.97. The summed E-state index contributed by atoms with van der Waals surface area (Å²) in [5.74, 6) is -0.671. The molecule has 0 bridgehead atoms. The second-order valence-corrected chi connectivity index (χ2v) is 2.91. The molecule has 0 aliphatic heterocycles. The summed E-state index contributed by atoms with van der Waals surface area (Å²) in [6.45, 7) is 5.33. The van der Waals surface area contributed by atoms with E-state index in [2.05, 4.69) is 5.73 Å². The maximum atomic E-state index is 10.8. The topological polar surface area (TPSA) is 43.4 Å². The zero-order valence-corrected chi connectivity index (χ0v) is 8.22. The van der Waals surface area contributed by atoms with Crippen LogP contribution in [0.15, 0.2) is 17.4 Å². The minimum Gasteiger partial charge on any atom is -0.460 e. The highest BCUT2D eigenvalue weighted by atomic mass is 16.5. The van der Waals surface area contributed by atoms with E-state index in [1.807, 2.05) is 13.8 Å². The van der Waals surface area contributed by atoms with Crippen molar-refractivity contribution in [3.8, 4) is 0 Å². The van der Waals surface area contributed by atoms with Gasteiger partial charge in [-0.05, 0) is 32.4 Å². The van der Waals surface area contributed by atoms with E-state index < -0.39 is 5.97 Å². The summed E-state index contributed by atoms with van der Waals surface area (Å²) in [5.41, 5.74) is 3.90. The first kappa shape index (κ1) is 11.7. The van der Waals surface area contributed by atoms with Gasteiger partial charge in [-0.1, -0.05) is 0 Å². The van der Waals surface area contributed by atoms with Crippen molar-refractivity contribution in [1.82, 2.24) is 0 Å². The first-order valence-electron chi connectivity index (χ1n) is 4.06. The predicted octanol–water partition coefficient (Wildman–Crippen LogP) is 1.63. The molecule has 0 aliphatic carbocycles. The number of Topliss-reactive ketones (excluding diaryl/α,β-unsaturated/α-hetero) is 1. The molecule has 13 heavy (non-hydrogen) atoms. The number of esters is 1. The molecule has 0 fully saturated rings. The fraction of sp³-hybridized carbons (Fsp3) is 0.500. The Labute approximate surface area is 78.1 Å². The molecule has 0 radical (unpaired) electrons.